The Labute approximate surface area is 156 Å². The molecule has 1 aliphatic rings. The van der Waals surface area contributed by atoms with Crippen LogP contribution in [-0.2, 0) is 10.5 Å². The number of nitrogens with one attached hydrogen (secondary N) is 1. The number of carbonyl (C=O) groups excluding carboxylic acids is 1. The van der Waals surface area contributed by atoms with Gasteiger partial charge >= 0.3 is 0 Å². The fourth-order valence-electron chi connectivity index (χ4n) is 2.90. The zero-order chi connectivity index (χ0) is 18.4. The van der Waals surface area contributed by atoms with Gasteiger partial charge in [-0.3, -0.25) is 14.9 Å². The van der Waals surface area contributed by atoms with Crippen LogP contribution < -0.4 is 10.2 Å². The van der Waals surface area contributed by atoms with Crippen molar-refractivity contribution in [2.45, 2.75) is 18.6 Å². The Balaban J connectivity index is 1.43. The number of nitro benzene ring substituents is 1. The van der Waals surface area contributed by atoms with E-state index in [2.05, 4.69) is 10.2 Å². The maximum atomic E-state index is 12.1. The standard InChI is InChI=1S/C19H21N3O3S/c23-19(14-26-13-15-3-7-18(8-4-15)22(24)25)20-16-5-9-17(10-6-16)21-11-1-2-12-21/h3-10H,1-2,11-14H2,(H,20,23). The maximum absolute atomic E-state index is 12.1. The third-order valence-electron chi connectivity index (χ3n) is 4.27. The zero-order valence-electron chi connectivity index (χ0n) is 14.4. The molecule has 0 radical (unpaired) electrons. The first kappa shape index (κ1) is 18.3. The predicted octanol–water partition coefficient (Wildman–Crippen LogP) is 4.07. The minimum absolute atomic E-state index is 0.0502. The number of non-ortho nitro benzene ring substituents is 1. The van der Waals surface area contributed by atoms with Gasteiger partial charge in [0.05, 0.1) is 10.7 Å². The SMILES string of the molecule is O=C(CSCc1ccc([N+](=O)[O-])cc1)Nc1ccc(N2CCCC2)cc1. The lowest BCUT2D eigenvalue weighted by Crippen LogP contribution is -2.18. The van der Waals surface area contributed by atoms with Gasteiger partial charge in [0.25, 0.3) is 5.69 Å². The van der Waals surface area contributed by atoms with Crippen molar-refractivity contribution in [3.63, 3.8) is 0 Å². The monoisotopic (exact) mass is 371 g/mol. The Morgan fingerprint density at radius 1 is 1.08 bits per heavy atom. The highest BCUT2D eigenvalue weighted by molar-refractivity contribution is 7.99. The Morgan fingerprint density at radius 3 is 2.35 bits per heavy atom. The van der Waals surface area contributed by atoms with Crippen LogP contribution in [0.25, 0.3) is 0 Å². The highest BCUT2D eigenvalue weighted by atomic mass is 32.2. The van der Waals surface area contributed by atoms with Gasteiger partial charge in [-0.2, -0.15) is 0 Å². The number of nitrogens with zero attached hydrogens (tertiary/aromatic N) is 2. The largest absolute Gasteiger partial charge is 0.372 e. The molecule has 1 amide bonds. The summed E-state index contributed by atoms with van der Waals surface area (Å²) in [6.07, 6.45) is 2.48. The van der Waals surface area contributed by atoms with Crippen molar-refractivity contribution in [1.29, 1.82) is 0 Å². The molecule has 26 heavy (non-hydrogen) atoms. The molecule has 2 aromatic rings. The van der Waals surface area contributed by atoms with Crippen molar-refractivity contribution in [1.82, 2.24) is 0 Å². The average Bonchev–Trinajstić information content (AvgIpc) is 3.17. The van der Waals surface area contributed by atoms with E-state index in [-0.39, 0.29) is 11.6 Å². The summed E-state index contributed by atoms with van der Waals surface area (Å²) in [6.45, 7) is 2.20. The lowest BCUT2D eigenvalue weighted by Gasteiger charge is -2.17. The summed E-state index contributed by atoms with van der Waals surface area (Å²) >= 11 is 1.48. The second-order valence-corrected chi connectivity index (χ2v) is 7.19. The lowest BCUT2D eigenvalue weighted by atomic mass is 10.2. The van der Waals surface area contributed by atoms with E-state index in [9.17, 15) is 14.9 Å². The molecule has 6 nitrogen and oxygen atoms in total. The molecular weight excluding hydrogens is 350 g/mol. The van der Waals surface area contributed by atoms with Gasteiger partial charge in [0, 0.05) is 42.3 Å². The van der Waals surface area contributed by atoms with Crippen molar-refractivity contribution in [3.05, 3.63) is 64.2 Å². The van der Waals surface area contributed by atoms with Crippen LogP contribution in [0.3, 0.4) is 0 Å². The molecule has 0 atom stereocenters. The van der Waals surface area contributed by atoms with E-state index in [1.165, 1.54) is 42.4 Å². The maximum Gasteiger partial charge on any atom is 0.269 e. The van der Waals surface area contributed by atoms with Gasteiger partial charge in [-0.15, -0.1) is 11.8 Å². The van der Waals surface area contributed by atoms with Gasteiger partial charge in [0.15, 0.2) is 0 Å². The van der Waals surface area contributed by atoms with Gasteiger partial charge in [-0.05, 0) is 42.7 Å². The van der Waals surface area contributed by atoms with Crippen LogP contribution in [0.15, 0.2) is 48.5 Å². The van der Waals surface area contributed by atoms with Crippen LogP contribution in [0.5, 0.6) is 0 Å². The summed E-state index contributed by atoms with van der Waals surface area (Å²) in [5.74, 6) is 0.926. The highest BCUT2D eigenvalue weighted by Gasteiger charge is 2.12. The normalized spacial score (nSPS) is 13.6. The smallest absolute Gasteiger partial charge is 0.269 e. The Bertz CT molecular complexity index is 757. The van der Waals surface area contributed by atoms with E-state index in [1.54, 1.807) is 12.1 Å². The number of thioether (sulfide) groups is 1. The second kappa shape index (κ2) is 8.71. The molecule has 1 N–H and O–H groups in total. The third-order valence-corrected chi connectivity index (χ3v) is 5.28. The molecule has 0 aliphatic carbocycles. The predicted molar refractivity (Wildman–Crippen MR) is 106 cm³/mol. The van der Waals surface area contributed by atoms with Crippen LogP contribution in [0.4, 0.5) is 17.1 Å². The van der Waals surface area contributed by atoms with Crippen LogP contribution in [-0.4, -0.2) is 29.7 Å². The molecule has 0 spiro atoms. The molecule has 1 saturated heterocycles. The summed E-state index contributed by atoms with van der Waals surface area (Å²) < 4.78 is 0. The van der Waals surface area contributed by atoms with Crippen molar-refractivity contribution in [3.8, 4) is 0 Å². The first-order valence-corrected chi connectivity index (χ1v) is 9.73. The molecule has 7 heteroatoms. The summed E-state index contributed by atoms with van der Waals surface area (Å²) in [5, 5.41) is 13.5. The number of amides is 1. The highest BCUT2D eigenvalue weighted by Crippen LogP contribution is 2.22. The number of hydrogen-bond donors (Lipinski definition) is 1. The van der Waals surface area contributed by atoms with Crippen molar-refractivity contribution >= 4 is 34.7 Å². The fraction of sp³-hybridized carbons (Fsp3) is 0.316. The van der Waals surface area contributed by atoms with Gasteiger partial charge in [-0.25, -0.2) is 0 Å². The Hall–Kier alpha value is -2.54. The fourth-order valence-corrected chi connectivity index (χ4v) is 3.69. The van der Waals surface area contributed by atoms with E-state index >= 15 is 0 Å². The summed E-state index contributed by atoms with van der Waals surface area (Å²) in [4.78, 5) is 24.6. The Kier molecular flexibility index (Phi) is 6.12. The topological polar surface area (TPSA) is 75.5 Å². The number of benzene rings is 2. The minimum Gasteiger partial charge on any atom is -0.372 e. The zero-order valence-corrected chi connectivity index (χ0v) is 15.2. The van der Waals surface area contributed by atoms with Crippen LogP contribution in [0.2, 0.25) is 0 Å². The molecule has 1 heterocycles. The van der Waals surface area contributed by atoms with E-state index < -0.39 is 4.92 Å². The third kappa shape index (κ3) is 4.98. The number of anilines is 2. The minimum atomic E-state index is -0.417. The summed E-state index contributed by atoms with van der Waals surface area (Å²) in [6, 6.07) is 14.4. The molecule has 3 rings (SSSR count). The molecule has 1 aliphatic heterocycles. The first-order chi connectivity index (χ1) is 12.6. The number of hydrogen-bond acceptors (Lipinski definition) is 5. The summed E-state index contributed by atoms with van der Waals surface area (Å²) in [7, 11) is 0. The van der Waals surface area contributed by atoms with Crippen molar-refractivity contribution in [2.75, 3.05) is 29.1 Å². The molecule has 2 aromatic carbocycles. The van der Waals surface area contributed by atoms with Crippen molar-refractivity contribution in [2.24, 2.45) is 0 Å². The van der Waals surface area contributed by atoms with Crippen LogP contribution in [0, 0.1) is 10.1 Å². The lowest BCUT2D eigenvalue weighted by molar-refractivity contribution is -0.384. The second-order valence-electron chi connectivity index (χ2n) is 6.21. The van der Waals surface area contributed by atoms with E-state index in [1.807, 2.05) is 24.3 Å². The van der Waals surface area contributed by atoms with Gasteiger partial charge in [0.1, 0.15) is 0 Å². The quantitative estimate of drug-likeness (QED) is 0.587. The van der Waals surface area contributed by atoms with Gasteiger partial charge in [0.2, 0.25) is 5.91 Å². The number of rotatable bonds is 7. The van der Waals surface area contributed by atoms with E-state index in [0.717, 1.165) is 24.3 Å². The molecule has 0 bridgehead atoms. The molecule has 136 valence electrons. The van der Waals surface area contributed by atoms with E-state index in [4.69, 9.17) is 0 Å². The van der Waals surface area contributed by atoms with Crippen LogP contribution in [0.1, 0.15) is 18.4 Å². The number of nitro groups is 1. The molecule has 1 fully saturated rings. The Morgan fingerprint density at radius 2 is 1.73 bits per heavy atom. The number of carbonyl (C=O) groups is 1. The molecular formula is C19H21N3O3S. The van der Waals surface area contributed by atoms with Gasteiger partial charge < -0.3 is 10.2 Å². The first-order valence-electron chi connectivity index (χ1n) is 8.58. The van der Waals surface area contributed by atoms with Crippen LogP contribution >= 0.6 is 11.8 Å². The summed E-state index contributed by atoms with van der Waals surface area (Å²) in [5.41, 5.74) is 3.04. The molecule has 0 unspecified atom stereocenters. The average molecular weight is 371 g/mol. The van der Waals surface area contributed by atoms with E-state index in [0.29, 0.717) is 11.5 Å². The molecule has 0 aromatic heterocycles. The van der Waals surface area contributed by atoms with Gasteiger partial charge in [-0.1, -0.05) is 12.1 Å². The molecule has 0 saturated carbocycles. The van der Waals surface area contributed by atoms with Crippen molar-refractivity contribution < 1.29 is 9.72 Å².